The lowest BCUT2D eigenvalue weighted by atomic mass is 9.97. The number of thiazole rings is 1. The number of benzene rings is 1. The minimum atomic E-state index is -0.333. The molecule has 0 spiro atoms. The lowest BCUT2D eigenvalue weighted by molar-refractivity contribution is -0.134. The Bertz CT molecular complexity index is 1310. The van der Waals surface area contributed by atoms with Crippen LogP contribution >= 0.6 is 46.1 Å². The number of carbonyl (C=O) groups is 1. The summed E-state index contributed by atoms with van der Waals surface area (Å²) in [4.78, 5) is 29.1. The van der Waals surface area contributed by atoms with Crippen LogP contribution in [0, 0.1) is 0 Å². The maximum absolute atomic E-state index is 12.7. The van der Waals surface area contributed by atoms with Crippen molar-refractivity contribution in [1.29, 1.82) is 0 Å². The summed E-state index contributed by atoms with van der Waals surface area (Å²) < 4.78 is 10.8. The Morgan fingerprint density at radius 3 is 2.70 bits per heavy atom. The smallest absolute Gasteiger partial charge is 0.260 e. The predicted molar refractivity (Wildman–Crippen MR) is 143 cm³/mol. The van der Waals surface area contributed by atoms with Crippen molar-refractivity contribution in [3.05, 3.63) is 67.2 Å². The van der Waals surface area contributed by atoms with Crippen LogP contribution in [0.4, 0.5) is 0 Å². The van der Waals surface area contributed by atoms with Gasteiger partial charge in [0.1, 0.15) is 5.71 Å². The number of hydrogen-bond acceptors (Lipinski definition) is 8. The molecule has 4 heterocycles. The number of rotatable bonds is 7. The highest BCUT2D eigenvalue weighted by atomic mass is 35.5. The molecule has 0 aliphatic carbocycles. The summed E-state index contributed by atoms with van der Waals surface area (Å²) in [7, 11) is 1.49. The topological polar surface area (TPSA) is 86.1 Å². The number of ether oxygens (including phenoxy) is 2. The van der Waals surface area contributed by atoms with Crippen LogP contribution < -0.4 is 9.47 Å². The zero-order chi connectivity index (χ0) is 25.9. The number of oxime groups is 1. The number of hydrogen-bond donors (Lipinski definition) is 0. The lowest BCUT2D eigenvalue weighted by Gasteiger charge is -2.31. The van der Waals surface area contributed by atoms with Gasteiger partial charge in [-0.25, -0.2) is 9.97 Å². The van der Waals surface area contributed by atoms with Crippen LogP contribution in [-0.4, -0.2) is 53.3 Å². The second-order valence-corrected chi connectivity index (χ2v) is 10.8. The Balaban J connectivity index is 1.14. The Hall–Kier alpha value is -2.59. The number of pyridine rings is 1. The minimum Gasteiger partial charge on any atom is -0.478 e. The molecule has 5 rings (SSSR count). The van der Waals surface area contributed by atoms with Gasteiger partial charge in [-0.2, -0.15) is 0 Å². The largest absolute Gasteiger partial charge is 0.478 e. The SMILES string of the molecule is COc1ncc(Cl)cc1OCC(=O)N1CCC(c2nc(C3=NOC(c4c(Cl)cccc4Cl)C3)cs2)CC1. The lowest BCUT2D eigenvalue weighted by Crippen LogP contribution is -2.40. The molecule has 12 heteroatoms. The van der Waals surface area contributed by atoms with Gasteiger partial charge in [-0.1, -0.05) is 46.0 Å². The summed E-state index contributed by atoms with van der Waals surface area (Å²) >= 11 is 20.3. The van der Waals surface area contributed by atoms with Crippen molar-refractivity contribution < 1.29 is 19.1 Å². The van der Waals surface area contributed by atoms with Gasteiger partial charge >= 0.3 is 0 Å². The molecule has 194 valence electrons. The fraction of sp³-hybridized carbons (Fsp3) is 0.360. The fourth-order valence-corrected chi connectivity index (χ4v) is 6.17. The second-order valence-electron chi connectivity index (χ2n) is 8.65. The van der Waals surface area contributed by atoms with E-state index in [-0.39, 0.29) is 30.4 Å². The molecule has 0 radical (unpaired) electrons. The summed E-state index contributed by atoms with van der Waals surface area (Å²) in [6, 6.07) is 6.97. The predicted octanol–water partition coefficient (Wildman–Crippen LogP) is 6.16. The van der Waals surface area contributed by atoms with Gasteiger partial charge < -0.3 is 19.2 Å². The van der Waals surface area contributed by atoms with Crippen molar-refractivity contribution in [1.82, 2.24) is 14.9 Å². The molecule has 1 fully saturated rings. The molecule has 1 amide bonds. The summed E-state index contributed by atoms with van der Waals surface area (Å²) in [6.07, 6.45) is 3.32. The van der Waals surface area contributed by atoms with Gasteiger partial charge in [-0.15, -0.1) is 11.3 Å². The molecule has 2 aliphatic rings. The highest BCUT2D eigenvalue weighted by Crippen LogP contribution is 2.39. The van der Waals surface area contributed by atoms with Crippen LogP contribution in [0.3, 0.4) is 0 Å². The van der Waals surface area contributed by atoms with E-state index in [1.807, 2.05) is 10.3 Å². The van der Waals surface area contributed by atoms with E-state index >= 15 is 0 Å². The van der Waals surface area contributed by atoms with Crippen LogP contribution in [0.1, 0.15) is 47.5 Å². The molecule has 2 aromatic heterocycles. The van der Waals surface area contributed by atoms with Gasteiger partial charge in [-0.3, -0.25) is 4.79 Å². The van der Waals surface area contributed by atoms with Crippen molar-refractivity contribution in [2.45, 2.75) is 31.3 Å². The number of carbonyl (C=O) groups excluding carboxylic acids is 1. The average Bonchev–Trinajstić information content (AvgIpc) is 3.58. The van der Waals surface area contributed by atoms with Crippen molar-refractivity contribution in [3.8, 4) is 11.6 Å². The Labute approximate surface area is 233 Å². The number of amides is 1. The molecule has 37 heavy (non-hydrogen) atoms. The summed E-state index contributed by atoms with van der Waals surface area (Å²) in [6.45, 7) is 1.15. The molecule has 1 saturated heterocycles. The van der Waals surface area contributed by atoms with E-state index in [0.717, 1.165) is 34.8 Å². The number of aromatic nitrogens is 2. The number of nitrogens with zero attached hydrogens (tertiary/aromatic N) is 4. The summed E-state index contributed by atoms with van der Waals surface area (Å²) in [5.74, 6) is 0.806. The molecule has 0 N–H and O–H groups in total. The van der Waals surface area contributed by atoms with Crippen molar-refractivity contribution in [3.63, 3.8) is 0 Å². The highest BCUT2D eigenvalue weighted by molar-refractivity contribution is 7.10. The molecule has 8 nitrogen and oxygen atoms in total. The van der Waals surface area contributed by atoms with Crippen LogP contribution in [0.5, 0.6) is 11.6 Å². The van der Waals surface area contributed by atoms with Crippen molar-refractivity contribution in [2.24, 2.45) is 5.16 Å². The first kappa shape index (κ1) is 26.0. The van der Waals surface area contributed by atoms with Crippen LogP contribution in [0.15, 0.2) is 41.0 Å². The Kier molecular flexibility index (Phi) is 8.04. The number of methoxy groups -OCH3 is 1. The quantitative estimate of drug-likeness (QED) is 0.332. The maximum atomic E-state index is 12.7. The average molecular weight is 582 g/mol. The van der Waals surface area contributed by atoms with Gasteiger partial charge in [0, 0.05) is 58.7 Å². The molecule has 1 aromatic carbocycles. The van der Waals surface area contributed by atoms with Gasteiger partial charge in [-0.05, 0) is 25.0 Å². The molecular weight excluding hydrogens is 559 g/mol. The maximum Gasteiger partial charge on any atom is 0.260 e. The third-order valence-corrected chi connectivity index (χ3v) is 8.21. The molecule has 3 aromatic rings. The van der Waals surface area contributed by atoms with Gasteiger partial charge in [0.25, 0.3) is 11.8 Å². The van der Waals surface area contributed by atoms with E-state index in [9.17, 15) is 4.79 Å². The first-order chi connectivity index (χ1) is 17.9. The van der Waals surface area contributed by atoms with E-state index in [4.69, 9.17) is 54.1 Å². The van der Waals surface area contributed by atoms with Gasteiger partial charge in [0.15, 0.2) is 18.5 Å². The van der Waals surface area contributed by atoms with Gasteiger partial charge in [0.05, 0.1) is 22.8 Å². The van der Waals surface area contributed by atoms with E-state index in [1.54, 1.807) is 35.6 Å². The van der Waals surface area contributed by atoms with E-state index < -0.39 is 0 Å². The normalized spacial score (nSPS) is 17.9. The molecule has 2 aliphatic heterocycles. The molecule has 1 unspecified atom stereocenters. The van der Waals surface area contributed by atoms with E-state index in [2.05, 4.69) is 10.1 Å². The molecule has 1 atom stereocenters. The third-order valence-electron chi connectivity index (χ3n) is 6.33. The molecule has 0 saturated carbocycles. The molecule has 0 bridgehead atoms. The van der Waals surface area contributed by atoms with Gasteiger partial charge in [0.2, 0.25) is 0 Å². The van der Waals surface area contributed by atoms with Crippen molar-refractivity contribution >= 4 is 57.8 Å². The van der Waals surface area contributed by atoms with Crippen LogP contribution in [0.25, 0.3) is 0 Å². The van der Waals surface area contributed by atoms with Crippen LogP contribution in [-0.2, 0) is 9.63 Å². The summed E-state index contributed by atoms with van der Waals surface area (Å²) in [5, 5.41) is 8.83. The standard InChI is InChI=1S/C25H23Cl3N4O4S/c1-34-24-21(9-15(26)11-29-24)35-12-22(33)32-7-5-14(6-8-32)25-30-19(13-37-25)18-10-20(36-31-18)23-16(27)3-2-4-17(23)28/h2-4,9,11,13-14,20H,5-8,10,12H2,1H3. The third kappa shape index (κ3) is 5.80. The monoisotopic (exact) mass is 580 g/mol. The van der Waals surface area contributed by atoms with Crippen molar-refractivity contribution in [2.75, 3.05) is 26.8 Å². The number of piperidine rings is 1. The Morgan fingerprint density at radius 2 is 1.97 bits per heavy atom. The first-order valence-corrected chi connectivity index (χ1v) is 13.7. The van der Waals surface area contributed by atoms with E-state index in [0.29, 0.717) is 40.3 Å². The fourth-order valence-electron chi connectivity index (χ4n) is 4.38. The second kappa shape index (κ2) is 11.4. The van der Waals surface area contributed by atoms with E-state index in [1.165, 1.54) is 13.3 Å². The number of halogens is 3. The molecular formula is C25H23Cl3N4O4S. The minimum absolute atomic E-state index is 0.0953. The zero-order valence-electron chi connectivity index (χ0n) is 19.8. The zero-order valence-corrected chi connectivity index (χ0v) is 22.9. The summed E-state index contributed by atoms with van der Waals surface area (Å²) in [5.41, 5.74) is 2.33. The first-order valence-electron chi connectivity index (χ1n) is 11.7. The highest BCUT2D eigenvalue weighted by Gasteiger charge is 2.30. The van der Waals surface area contributed by atoms with Crippen LogP contribution in [0.2, 0.25) is 15.1 Å². The Morgan fingerprint density at radius 1 is 1.22 bits per heavy atom. The number of likely N-dealkylation sites (tertiary alicyclic amines) is 1.